The molecule has 2 aromatic rings. The van der Waals surface area contributed by atoms with Crippen LogP contribution in [0.5, 0.6) is 11.5 Å². The van der Waals surface area contributed by atoms with Crippen LogP contribution < -0.4 is 15.2 Å². The van der Waals surface area contributed by atoms with E-state index >= 15 is 0 Å². The molecule has 0 aliphatic carbocycles. The Balaban J connectivity index is 1.76. The molecule has 162 valence electrons. The van der Waals surface area contributed by atoms with Crippen LogP contribution in [0.2, 0.25) is 5.02 Å². The van der Waals surface area contributed by atoms with E-state index in [-0.39, 0.29) is 12.0 Å². The van der Waals surface area contributed by atoms with E-state index in [0.29, 0.717) is 12.0 Å². The second kappa shape index (κ2) is 9.17. The van der Waals surface area contributed by atoms with Gasteiger partial charge in [-0.1, -0.05) is 43.5 Å². The van der Waals surface area contributed by atoms with Gasteiger partial charge in [0.25, 0.3) is 0 Å². The topological polar surface area (TPSA) is 47.7 Å². The number of rotatable bonds is 6. The van der Waals surface area contributed by atoms with Crippen LogP contribution in [-0.4, -0.2) is 38.3 Å². The summed E-state index contributed by atoms with van der Waals surface area (Å²) in [5, 5.41) is 0.767. The molecule has 2 heterocycles. The second-order valence-electron chi connectivity index (χ2n) is 8.71. The van der Waals surface area contributed by atoms with E-state index in [9.17, 15) is 0 Å². The summed E-state index contributed by atoms with van der Waals surface area (Å²) in [5.41, 5.74) is 10.6. The number of halogens is 1. The maximum Gasteiger partial charge on any atom is 0.161 e. The second-order valence-corrected chi connectivity index (χ2v) is 9.15. The number of hydrogen-bond acceptors (Lipinski definition) is 4. The Morgan fingerprint density at radius 3 is 2.33 bits per heavy atom. The monoisotopic (exact) mass is 428 g/mol. The Bertz CT molecular complexity index is 870. The molecule has 2 aliphatic heterocycles. The number of hydrogen-bond donors (Lipinski definition) is 1. The molecule has 0 aromatic heterocycles. The minimum Gasteiger partial charge on any atom is -0.493 e. The van der Waals surface area contributed by atoms with Gasteiger partial charge in [0.05, 0.1) is 14.2 Å². The summed E-state index contributed by atoms with van der Waals surface area (Å²) in [6.07, 6.45) is 4.68. The van der Waals surface area contributed by atoms with Gasteiger partial charge in [-0.2, -0.15) is 0 Å². The first-order chi connectivity index (χ1) is 14.5. The molecule has 0 bridgehead atoms. The van der Waals surface area contributed by atoms with E-state index < -0.39 is 0 Å². The van der Waals surface area contributed by atoms with Crippen LogP contribution in [0.1, 0.15) is 61.3 Å². The Kier molecular flexibility index (Phi) is 6.57. The third-order valence-corrected chi connectivity index (χ3v) is 7.20. The van der Waals surface area contributed by atoms with Crippen molar-refractivity contribution >= 4 is 11.6 Å². The first-order valence-electron chi connectivity index (χ1n) is 11.1. The van der Waals surface area contributed by atoms with Crippen LogP contribution in [0.25, 0.3) is 0 Å². The Hall–Kier alpha value is -1.75. The molecule has 1 saturated heterocycles. The molecule has 0 saturated carbocycles. The van der Waals surface area contributed by atoms with Gasteiger partial charge < -0.3 is 15.2 Å². The molecule has 0 radical (unpaired) electrons. The molecular formula is C25H33ClN2O2. The normalized spacial score (nSPS) is 26.0. The number of piperidine rings is 1. The highest BCUT2D eigenvalue weighted by Crippen LogP contribution is 2.48. The largest absolute Gasteiger partial charge is 0.493 e. The molecule has 0 unspecified atom stereocenters. The quantitative estimate of drug-likeness (QED) is 0.670. The van der Waals surface area contributed by atoms with Gasteiger partial charge in [-0.05, 0) is 59.7 Å². The standard InChI is InChI=1S/C25H33ClN2O2/c1-4-5-6-17-14-28-15-21(16-7-9-18(26)10-8-16)19-11-24(29-2)25(30-3)12-20(19)23(28)13-22(17)27/h7-12,17,21-23H,4-6,13-15,27H2,1-3H3/t17-,21-,22-,23-/m1/s1. The van der Waals surface area contributed by atoms with Gasteiger partial charge >= 0.3 is 0 Å². The van der Waals surface area contributed by atoms with Gasteiger partial charge in [0.1, 0.15) is 0 Å². The van der Waals surface area contributed by atoms with Crippen molar-refractivity contribution in [2.45, 2.75) is 50.6 Å². The van der Waals surface area contributed by atoms with E-state index in [1.54, 1.807) is 14.2 Å². The fourth-order valence-corrected chi connectivity index (χ4v) is 5.40. The molecule has 5 heteroatoms. The molecule has 0 spiro atoms. The Labute approximate surface area is 185 Å². The summed E-state index contributed by atoms with van der Waals surface area (Å²) in [6, 6.07) is 13.2. The zero-order valence-electron chi connectivity index (χ0n) is 18.2. The fourth-order valence-electron chi connectivity index (χ4n) is 5.27. The lowest BCUT2D eigenvalue weighted by atomic mass is 9.75. The van der Waals surface area contributed by atoms with E-state index in [2.05, 4.69) is 36.1 Å². The molecular weight excluding hydrogens is 396 g/mol. The summed E-state index contributed by atoms with van der Waals surface area (Å²) in [4.78, 5) is 2.65. The van der Waals surface area contributed by atoms with Crippen molar-refractivity contribution < 1.29 is 9.47 Å². The van der Waals surface area contributed by atoms with Crippen molar-refractivity contribution in [2.75, 3.05) is 27.3 Å². The average molecular weight is 429 g/mol. The van der Waals surface area contributed by atoms with Gasteiger partial charge in [-0.15, -0.1) is 0 Å². The first-order valence-corrected chi connectivity index (χ1v) is 11.4. The predicted molar refractivity (Wildman–Crippen MR) is 123 cm³/mol. The molecule has 2 N–H and O–H groups in total. The maximum atomic E-state index is 6.68. The maximum absolute atomic E-state index is 6.68. The van der Waals surface area contributed by atoms with Crippen LogP contribution in [0.4, 0.5) is 0 Å². The third-order valence-electron chi connectivity index (χ3n) is 6.95. The minimum atomic E-state index is 0.242. The summed E-state index contributed by atoms with van der Waals surface area (Å²) < 4.78 is 11.3. The zero-order chi connectivity index (χ0) is 21.3. The third kappa shape index (κ3) is 4.05. The molecule has 4 nitrogen and oxygen atoms in total. The van der Waals surface area contributed by atoms with Crippen LogP contribution in [0, 0.1) is 5.92 Å². The van der Waals surface area contributed by atoms with Crippen LogP contribution in [0.15, 0.2) is 36.4 Å². The van der Waals surface area contributed by atoms with Gasteiger partial charge in [0.15, 0.2) is 11.5 Å². The van der Waals surface area contributed by atoms with Gasteiger partial charge in [-0.3, -0.25) is 4.90 Å². The number of unbranched alkanes of at least 4 members (excludes halogenated alkanes) is 1. The summed E-state index contributed by atoms with van der Waals surface area (Å²) in [5.74, 6) is 2.41. The summed E-state index contributed by atoms with van der Waals surface area (Å²) in [7, 11) is 3.40. The average Bonchev–Trinajstić information content (AvgIpc) is 2.77. The molecule has 0 amide bonds. The minimum absolute atomic E-state index is 0.242. The first kappa shape index (κ1) is 21.5. The Morgan fingerprint density at radius 2 is 1.70 bits per heavy atom. The van der Waals surface area contributed by atoms with Crippen LogP contribution >= 0.6 is 11.6 Å². The number of methoxy groups -OCH3 is 2. The highest BCUT2D eigenvalue weighted by atomic mass is 35.5. The number of fused-ring (bicyclic) bond motifs is 3. The van der Waals surface area contributed by atoms with Crippen molar-refractivity contribution in [2.24, 2.45) is 11.7 Å². The number of benzene rings is 2. The lowest BCUT2D eigenvalue weighted by Crippen LogP contribution is -2.51. The van der Waals surface area contributed by atoms with Crippen molar-refractivity contribution in [3.8, 4) is 11.5 Å². The SMILES string of the molecule is CCCC[C@@H]1CN2C[C@H](c3ccc(Cl)cc3)c3cc(OC)c(OC)cc3[C@H]2C[C@H]1N. The van der Waals surface area contributed by atoms with Crippen LogP contribution in [0.3, 0.4) is 0 Å². The smallest absolute Gasteiger partial charge is 0.161 e. The van der Waals surface area contributed by atoms with Gasteiger partial charge in [0, 0.05) is 36.1 Å². The molecule has 4 rings (SSSR count). The molecule has 1 fully saturated rings. The molecule has 30 heavy (non-hydrogen) atoms. The highest BCUT2D eigenvalue weighted by Gasteiger charge is 2.41. The molecule has 2 aromatic carbocycles. The highest BCUT2D eigenvalue weighted by molar-refractivity contribution is 6.30. The lowest BCUT2D eigenvalue weighted by molar-refractivity contribution is 0.0728. The fraction of sp³-hybridized carbons (Fsp3) is 0.520. The predicted octanol–water partition coefficient (Wildman–Crippen LogP) is 5.38. The lowest BCUT2D eigenvalue weighted by Gasteiger charge is -2.48. The van der Waals surface area contributed by atoms with Crippen molar-refractivity contribution in [3.63, 3.8) is 0 Å². The van der Waals surface area contributed by atoms with E-state index in [1.165, 1.54) is 36.0 Å². The van der Waals surface area contributed by atoms with E-state index in [0.717, 1.165) is 36.0 Å². The van der Waals surface area contributed by atoms with E-state index in [4.69, 9.17) is 26.8 Å². The van der Waals surface area contributed by atoms with Gasteiger partial charge in [-0.25, -0.2) is 0 Å². The van der Waals surface area contributed by atoms with E-state index in [1.807, 2.05) is 12.1 Å². The van der Waals surface area contributed by atoms with Crippen molar-refractivity contribution in [1.29, 1.82) is 0 Å². The summed E-state index contributed by atoms with van der Waals surface area (Å²) in [6.45, 7) is 4.30. The number of nitrogens with zero attached hydrogens (tertiary/aromatic N) is 1. The Morgan fingerprint density at radius 1 is 1.03 bits per heavy atom. The van der Waals surface area contributed by atoms with Crippen LogP contribution in [-0.2, 0) is 0 Å². The van der Waals surface area contributed by atoms with Crippen molar-refractivity contribution in [1.82, 2.24) is 4.90 Å². The number of nitrogens with two attached hydrogens (primary N) is 1. The molecule has 2 aliphatic rings. The number of ether oxygens (including phenoxy) is 2. The van der Waals surface area contributed by atoms with Gasteiger partial charge in [0.2, 0.25) is 0 Å². The zero-order valence-corrected chi connectivity index (χ0v) is 19.0. The summed E-state index contributed by atoms with van der Waals surface area (Å²) >= 11 is 6.17. The van der Waals surface area contributed by atoms with Crippen molar-refractivity contribution in [3.05, 3.63) is 58.1 Å². The molecule has 4 atom stereocenters.